The second kappa shape index (κ2) is 12.6. The molecule has 3 heterocycles. The number of ether oxygens (including phenoxy) is 2. The zero-order valence-electron chi connectivity index (χ0n) is 21.7. The van der Waals surface area contributed by atoms with Crippen LogP contribution in [-0.2, 0) is 40.1 Å². The maximum Gasteiger partial charge on any atom is 0.341 e. The Hall–Kier alpha value is -2.21. The molecule has 0 unspecified atom stereocenters. The van der Waals surface area contributed by atoms with Crippen molar-refractivity contribution in [1.29, 1.82) is 0 Å². The van der Waals surface area contributed by atoms with Crippen molar-refractivity contribution in [3.63, 3.8) is 0 Å². The number of fused-ring (bicyclic) bond motifs is 3. The Morgan fingerprint density at radius 2 is 2.05 bits per heavy atom. The van der Waals surface area contributed by atoms with Crippen LogP contribution in [0.15, 0.2) is 15.3 Å². The van der Waals surface area contributed by atoms with Gasteiger partial charge in [0.2, 0.25) is 5.91 Å². The zero-order valence-corrected chi connectivity index (χ0v) is 24.1. The van der Waals surface area contributed by atoms with Gasteiger partial charge in [-0.2, -0.15) is 0 Å². The summed E-state index contributed by atoms with van der Waals surface area (Å²) in [5.41, 5.74) is 2.39. The number of hydrogen-bond acceptors (Lipinski definition) is 9. The lowest BCUT2D eigenvalue weighted by Crippen LogP contribution is -2.26. The Balaban J connectivity index is 1.57. The molecule has 3 aromatic heterocycles. The quantitative estimate of drug-likeness (QED) is 0.196. The van der Waals surface area contributed by atoms with Gasteiger partial charge in [0, 0.05) is 12.0 Å². The molecule has 37 heavy (non-hydrogen) atoms. The fourth-order valence-corrected chi connectivity index (χ4v) is 7.61. The van der Waals surface area contributed by atoms with Crippen molar-refractivity contribution in [3.05, 3.63) is 37.3 Å². The number of aromatic nitrogens is 2. The van der Waals surface area contributed by atoms with Crippen LogP contribution in [0.25, 0.3) is 10.2 Å². The summed E-state index contributed by atoms with van der Waals surface area (Å²) in [5.74, 6) is -0.291. The fourth-order valence-electron chi connectivity index (χ4n) is 4.51. The Kier molecular flexibility index (Phi) is 9.44. The number of thioether (sulfide) groups is 1. The molecule has 1 amide bonds. The number of carbonyl (C=O) groups excluding carboxylic acids is 2. The molecule has 0 aromatic carbocycles. The second-order valence-electron chi connectivity index (χ2n) is 9.36. The van der Waals surface area contributed by atoms with Gasteiger partial charge < -0.3 is 14.8 Å². The molecule has 0 saturated carbocycles. The molecular formula is C26H33N3O5S3. The van der Waals surface area contributed by atoms with Gasteiger partial charge in [0.05, 0.1) is 36.5 Å². The number of amides is 1. The molecule has 3 aromatic rings. The lowest BCUT2D eigenvalue weighted by atomic mass is 9.97. The van der Waals surface area contributed by atoms with E-state index in [9.17, 15) is 14.4 Å². The minimum Gasteiger partial charge on any atom is -0.462 e. The third-order valence-electron chi connectivity index (χ3n) is 6.12. The third kappa shape index (κ3) is 6.27. The summed E-state index contributed by atoms with van der Waals surface area (Å²) in [6.07, 6.45) is 4.84. The number of carbonyl (C=O) groups is 2. The summed E-state index contributed by atoms with van der Waals surface area (Å²) >= 11 is 4.14. The Bertz CT molecular complexity index is 1340. The van der Waals surface area contributed by atoms with E-state index < -0.39 is 5.97 Å². The van der Waals surface area contributed by atoms with Gasteiger partial charge in [-0.15, -0.1) is 22.7 Å². The van der Waals surface area contributed by atoms with Crippen LogP contribution >= 0.6 is 34.4 Å². The highest BCUT2D eigenvalue weighted by Crippen LogP contribution is 2.35. The van der Waals surface area contributed by atoms with Gasteiger partial charge in [-0.1, -0.05) is 25.6 Å². The predicted molar refractivity (Wildman–Crippen MR) is 151 cm³/mol. The van der Waals surface area contributed by atoms with Gasteiger partial charge in [0.15, 0.2) is 5.16 Å². The molecule has 4 rings (SSSR count). The molecule has 200 valence electrons. The molecule has 1 aliphatic rings. The van der Waals surface area contributed by atoms with E-state index in [1.165, 1.54) is 28.0 Å². The summed E-state index contributed by atoms with van der Waals surface area (Å²) in [7, 11) is 1.60. The molecule has 0 bridgehead atoms. The lowest BCUT2D eigenvalue weighted by molar-refractivity contribution is -0.113. The molecule has 8 nitrogen and oxygen atoms in total. The van der Waals surface area contributed by atoms with Crippen LogP contribution in [0.1, 0.15) is 60.0 Å². The third-order valence-corrected chi connectivity index (χ3v) is 9.23. The van der Waals surface area contributed by atoms with Gasteiger partial charge in [-0.05, 0) is 61.5 Å². The summed E-state index contributed by atoms with van der Waals surface area (Å²) in [5, 5.41) is 6.51. The number of methoxy groups -OCH3 is 1. The van der Waals surface area contributed by atoms with E-state index in [1.807, 2.05) is 5.38 Å². The molecule has 0 spiro atoms. The number of aryl methyl sites for hydroxylation is 2. The fraction of sp³-hybridized carbons (Fsp3) is 0.538. The number of rotatable bonds is 11. The van der Waals surface area contributed by atoms with Crippen molar-refractivity contribution in [3.8, 4) is 0 Å². The molecule has 0 aliphatic heterocycles. The van der Waals surface area contributed by atoms with Crippen LogP contribution in [0.2, 0.25) is 0 Å². The first-order valence-corrected chi connectivity index (χ1v) is 15.3. The van der Waals surface area contributed by atoms with E-state index in [0.29, 0.717) is 34.8 Å². The van der Waals surface area contributed by atoms with Crippen molar-refractivity contribution in [2.24, 2.45) is 5.92 Å². The van der Waals surface area contributed by atoms with E-state index in [4.69, 9.17) is 14.5 Å². The van der Waals surface area contributed by atoms with E-state index >= 15 is 0 Å². The van der Waals surface area contributed by atoms with Gasteiger partial charge >= 0.3 is 5.97 Å². The molecule has 0 saturated heterocycles. The van der Waals surface area contributed by atoms with Gasteiger partial charge in [-0.3, -0.25) is 14.2 Å². The van der Waals surface area contributed by atoms with Crippen molar-refractivity contribution in [2.45, 2.75) is 64.6 Å². The molecule has 1 aliphatic carbocycles. The van der Waals surface area contributed by atoms with E-state index in [-0.39, 0.29) is 23.8 Å². The minimum atomic E-state index is -0.426. The van der Waals surface area contributed by atoms with Crippen molar-refractivity contribution < 1.29 is 19.1 Å². The monoisotopic (exact) mass is 563 g/mol. The lowest BCUT2D eigenvalue weighted by Gasteiger charge is -2.13. The van der Waals surface area contributed by atoms with E-state index in [2.05, 4.69) is 19.2 Å². The van der Waals surface area contributed by atoms with Crippen LogP contribution in [0.4, 0.5) is 5.00 Å². The van der Waals surface area contributed by atoms with Gasteiger partial charge in [0.25, 0.3) is 5.56 Å². The highest BCUT2D eigenvalue weighted by molar-refractivity contribution is 7.99. The van der Waals surface area contributed by atoms with Crippen molar-refractivity contribution in [1.82, 2.24) is 9.55 Å². The van der Waals surface area contributed by atoms with Gasteiger partial charge in [-0.25, -0.2) is 9.78 Å². The summed E-state index contributed by atoms with van der Waals surface area (Å²) in [6, 6.07) is 0. The normalized spacial score (nSPS) is 13.2. The smallest absolute Gasteiger partial charge is 0.341 e. The van der Waals surface area contributed by atoms with Crippen LogP contribution in [0.3, 0.4) is 0 Å². The standard InChI is InChI=1S/C26H33N3O5S3/c1-5-34-25(32)20-16(12-15(2)3)13-35-22(20)27-19(30)14-36-26-28-23-21(24(31)29(26)10-11-33-4)17-8-6-7-9-18(17)37-23/h13,15H,5-12,14H2,1-4H3,(H,27,30). The Labute approximate surface area is 228 Å². The molecule has 1 N–H and O–H groups in total. The maximum absolute atomic E-state index is 13.5. The van der Waals surface area contributed by atoms with Gasteiger partial charge in [0.1, 0.15) is 9.83 Å². The van der Waals surface area contributed by atoms with Crippen molar-refractivity contribution in [2.75, 3.05) is 31.4 Å². The Morgan fingerprint density at radius 3 is 2.78 bits per heavy atom. The maximum atomic E-state index is 13.5. The molecule has 11 heteroatoms. The average molecular weight is 564 g/mol. The highest BCUT2D eigenvalue weighted by atomic mass is 32.2. The summed E-state index contributed by atoms with van der Waals surface area (Å²) < 4.78 is 12.1. The number of nitrogens with one attached hydrogen (secondary N) is 1. The van der Waals surface area contributed by atoms with Crippen LogP contribution < -0.4 is 10.9 Å². The molecule has 0 radical (unpaired) electrons. The number of thiophene rings is 2. The molecule has 0 atom stereocenters. The second-order valence-corrected chi connectivity index (χ2v) is 12.3. The first-order chi connectivity index (χ1) is 17.8. The van der Waals surface area contributed by atoms with E-state index in [0.717, 1.165) is 53.4 Å². The number of hydrogen-bond donors (Lipinski definition) is 1. The zero-order chi connectivity index (χ0) is 26.5. The Morgan fingerprint density at radius 1 is 1.27 bits per heavy atom. The molecular weight excluding hydrogens is 531 g/mol. The number of esters is 1. The highest BCUT2D eigenvalue weighted by Gasteiger charge is 2.24. The first-order valence-electron chi connectivity index (χ1n) is 12.6. The first kappa shape index (κ1) is 27.8. The summed E-state index contributed by atoms with van der Waals surface area (Å²) in [6.45, 7) is 6.92. The van der Waals surface area contributed by atoms with E-state index in [1.54, 1.807) is 29.9 Å². The largest absolute Gasteiger partial charge is 0.462 e. The van der Waals surface area contributed by atoms with Crippen LogP contribution in [0.5, 0.6) is 0 Å². The topological polar surface area (TPSA) is 99.5 Å². The average Bonchev–Trinajstić information content (AvgIpc) is 3.42. The SMILES string of the molecule is CCOC(=O)c1c(CC(C)C)csc1NC(=O)CSc1nc2sc3c(c2c(=O)n1CCOC)CCCC3. The predicted octanol–water partition coefficient (Wildman–Crippen LogP) is 5.15. The van der Waals surface area contributed by atoms with Crippen molar-refractivity contribution >= 4 is 61.5 Å². The van der Waals surface area contributed by atoms with Crippen LogP contribution in [0, 0.1) is 5.92 Å². The number of nitrogens with zero attached hydrogens (tertiary/aromatic N) is 2. The molecule has 0 fully saturated rings. The number of anilines is 1. The van der Waals surface area contributed by atoms with Crippen LogP contribution in [-0.4, -0.2) is 47.5 Å². The minimum absolute atomic E-state index is 0.0513. The summed E-state index contributed by atoms with van der Waals surface area (Å²) in [4.78, 5) is 45.9.